The molecule has 0 aliphatic carbocycles. The van der Waals surface area contributed by atoms with Gasteiger partial charge in [0.15, 0.2) is 0 Å². The van der Waals surface area contributed by atoms with Crippen molar-refractivity contribution < 1.29 is 8.42 Å². The predicted octanol–water partition coefficient (Wildman–Crippen LogP) is 4.14. The summed E-state index contributed by atoms with van der Waals surface area (Å²) >= 11 is 2.19. The van der Waals surface area contributed by atoms with Gasteiger partial charge in [0.05, 0.1) is 4.90 Å². The molecular formula is C17H18INO2S. The molecule has 0 spiro atoms. The van der Waals surface area contributed by atoms with Gasteiger partial charge in [0, 0.05) is 10.1 Å². The molecule has 0 saturated heterocycles. The predicted molar refractivity (Wildman–Crippen MR) is 99.4 cm³/mol. The number of benzene rings is 2. The molecule has 2 aromatic rings. The molecule has 3 nitrogen and oxygen atoms in total. The highest BCUT2D eigenvalue weighted by molar-refractivity contribution is 14.1. The Bertz CT molecular complexity index is 766. The van der Waals surface area contributed by atoms with E-state index in [-0.39, 0.29) is 6.54 Å². The van der Waals surface area contributed by atoms with Crippen molar-refractivity contribution in [1.82, 2.24) is 4.72 Å². The van der Waals surface area contributed by atoms with Crippen LogP contribution in [-0.4, -0.2) is 15.0 Å². The Labute approximate surface area is 145 Å². The van der Waals surface area contributed by atoms with Crippen LogP contribution in [0.15, 0.2) is 63.1 Å². The normalized spacial score (nSPS) is 12.9. The summed E-state index contributed by atoms with van der Waals surface area (Å²) in [6.45, 7) is 4.22. The highest BCUT2D eigenvalue weighted by atomic mass is 127. The van der Waals surface area contributed by atoms with Crippen molar-refractivity contribution in [2.24, 2.45) is 0 Å². The first-order chi connectivity index (χ1) is 10.4. The number of hydrogen-bond donors (Lipinski definition) is 1. The maximum Gasteiger partial charge on any atom is 0.240 e. The van der Waals surface area contributed by atoms with Crippen LogP contribution in [0.1, 0.15) is 18.1 Å². The van der Waals surface area contributed by atoms with Crippen LogP contribution in [0.4, 0.5) is 0 Å². The Morgan fingerprint density at radius 3 is 2.23 bits per heavy atom. The van der Waals surface area contributed by atoms with E-state index >= 15 is 0 Å². The van der Waals surface area contributed by atoms with Crippen molar-refractivity contribution in [3.05, 3.63) is 69.3 Å². The monoisotopic (exact) mass is 427 g/mol. The second kappa shape index (κ2) is 7.39. The number of hydrogen-bond acceptors (Lipinski definition) is 2. The molecule has 0 bridgehead atoms. The zero-order chi connectivity index (χ0) is 16.2. The van der Waals surface area contributed by atoms with E-state index in [1.54, 1.807) is 24.3 Å². The molecule has 0 fully saturated rings. The highest BCUT2D eigenvalue weighted by Gasteiger charge is 2.14. The van der Waals surface area contributed by atoms with Crippen molar-refractivity contribution in [2.45, 2.75) is 18.7 Å². The van der Waals surface area contributed by atoms with Gasteiger partial charge in [0.25, 0.3) is 0 Å². The van der Waals surface area contributed by atoms with Crippen LogP contribution in [0.3, 0.4) is 0 Å². The number of nitrogens with one attached hydrogen (secondary N) is 1. The van der Waals surface area contributed by atoms with E-state index in [2.05, 4.69) is 27.3 Å². The Kier molecular flexibility index (Phi) is 5.77. The van der Waals surface area contributed by atoms with E-state index in [1.165, 1.54) is 0 Å². The van der Waals surface area contributed by atoms with Gasteiger partial charge in [0.2, 0.25) is 10.0 Å². The standard InChI is InChI=1S/C17H18INO2S/c1-13-8-10-16(11-9-13)22(20,21)19-12-17(18)14(2)15-6-4-3-5-7-15/h3-11,19H,12H2,1-2H3/b17-14-. The topological polar surface area (TPSA) is 46.2 Å². The van der Waals surface area contributed by atoms with Crippen molar-refractivity contribution in [2.75, 3.05) is 6.54 Å². The third-order valence-electron chi connectivity index (χ3n) is 3.36. The second-order valence-corrected chi connectivity index (χ2v) is 8.10. The van der Waals surface area contributed by atoms with Crippen LogP contribution < -0.4 is 4.72 Å². The summed E-state index contributed by atoms with van der Waals surface area (Å²) in [5, 5.41) is 0. The minimum atomic E-state index is -3.48. The number of rotatable bonds is 5. The molecule has 0 unspecified atom stereocenters. The van der Waals surface area contributed by atoms with Crippen LogP contribution in [0, 0.1) is 6.92 Å². The first-order valence-corrected chi connectivity index (χ1v) is 9.43. The van der Waals surface area contributed by atoms with Crippen molar-refractivity contribution in [1.29, 1.82) is 0 Å². The fraction of sp³-hybridized carbons (Fsp3) is 0.176. The van der Waals surface area contributed by atoms with E-state index in [4.69, 9.17) is 0 Å². The van der Waals surface area contributed by atoms with E-state index < -0.39 is 10.0 Å². The van der Waals surface area contributed by atoms with Gasteiger partial charge in [0.1, 0.15) is 0 Å². The maximum absolute atomic E-state index is 12.3. The number of sulfonamides is 1. The molecule has 2 aromatic carbocycles. The number of allylic oxidation sites excluding steroid dienone is 1. The summed E-state index contributed by atoms with van der Waals surface area (Å²) in [6, 6.07) is 16.8. The fourth-order valence-electron chi connectivity index (χ4n) is 1.94. The molecule has 116 valence electrons. The average molecular weight is 427 g/mol. The smallest absolute Gasteiger partial charge is 0.207 e. The Hall–Kier alpha value is -1.18. The molecule has 2 rings (SSSR count). The molecule has 5 heteroatoms. The largest absolute Gasteiger partial charge is 0.240 e. The lowest BCUT2D eigenvalue weighted by Crippen LogP contribution is -2.25. The SMILES string of the molecule is C/C(=C(/I)CNS(=O)(=O)c1ccc(C)cc1)c1ccccc1. The second-order valence-electron chi connectivity index (χ2n) is 5.03. The van der Waals surface area contributed by atoms with Gasteiger partial charge in [-0.25, -0.2) is 13.1 Å². The Morgan fingerprint density at radius 2 is 1.64 bits per heavy atom. The molecular weight excluding hydrogens is 409 g/mol. The van der Waals surface area contributed by atoms with E-state index in [0.717, 1.165) is 20.3 Å². The lowest BCUT2D eigenvalue weighted by molar-refractivity contribution is 0.585. The van der Waals surface area contributed by atoms with E-state index in [9.17, 15) is 8.42 Å². The molecule has 22 heavy (non-hydrogen) atoms. The van der Waals surface area contributed by atoms with Gasteiger partial charge < -0.3 is 0 Å². The lowest BCUT2D eigenvalue weighted by Gasteiger charge is -2.09. The lowest BCUT2D eigenvalue weighted by atomic mass is 10.1. The van der Waals surface area contributed by atoms with Crippen molar-refractivity contribution in [3.8, 4) is 0 Å². The zero-order valence-electron chi connectivity index (χ0n) is 12.5. The van der Waals surface area contributed by atoms with Gasteiger partial charge >= 0.3 is 0 Å². The summed E-state index contributed by atoms with van der Waals surface area (Å²) in [4.78, 5) is 0.291. The summed E-state index contributed by atoms with van der Waals surface area (Å²) in [6.07, 6.45) is 0. The third kappa shape index (κ3) is 4.41. The molecule has 0 aromatic heterocycles. The van der Waals surface area contributed by atoms with E-state index in [0.29, 0.717) is 4.90 Å². The molecule has 0 heterocycles. The number of aryl methyl sites for hydroxylation is 1. The third-order valence-corrected chi connectivity index (χ3v) is 5.97. The Balaban J connectivity index is 2.13. The van der Waals surface area contributed by atoms with Crippen molar-refractivity contribution >= 4 is 38.2 Å². The fourth-order valence-corrected chi connectivity index (χ4v) is 3.69. The van der Waals surface area contributed by atoms with Gasteiger partial charge in [-0.3, -0.25) is 0 Å². The molecule has 0 radical (unpaired) electrons. The summed E-state index contributed by atoms with van der Waals surface area (Å²) in [7, 11) is -3.48. The van der Waals surface area contributed by atoms with Crippen LogP contribution in [0.2, 0.25) is 0 Å². The van der Waals surface area contributed by atoms with Gasteiger partial charge in [-0.1, -0.05) is 48.0 Å². The number of halogens is 1. The van der Waals surface area contributed by atoms with Gasteiger partial charge in [-0.2, -0.15) is 0 Å². The summed E-state index contributed by atoms with van der Waals surface area (Å²) in [5.74, 6) is 0. The van der Waals surface area contributed by atoms with Gasteiger partial charge in [-0.05, 0) is 59.7 Å². The molecule has 0 amide bonds. The maximum atomic E-state index is 12.3. The van der Waals surface area contributed by atoms with Crippen LogP contribution in [-0.2, 0) is 10.0 Å². The summed E-state index contributed by atoms with van der Waals surface area (Å²) < 4.78 is 28.2. The van der Waals surface area contributed by atoms with Crippen molar-refractivity contribution in [3.63, 3.8) is 0 Å². The van der Waals surface area contributed by atoms with Gasteiger partial charge in [-0.15, -0.1) is 0 Å². The van der Waals surface area contributed by atoms with Crippen LogP contribution in [0.25, 0.3) is 5.57 Å². The molecule has 0 aliphatic rings. The molecule has 0 aliphatic heterocycles. The molecule has 1 N–H and O–H groups in total. The minimum absolute atomic E-state index is 0.289. The highest BCUT2D eigenvalue weighted by Crippen LogP contribution is 2.22. The summed E-state index contributed by atoms with van der Waals surface area (Å²) in [5.41, 5.74) is 3.21. The first-order valence-electron chi connectivity index (χ1n) is 6.87. The minimum Gasteiger partial charge on any atom is -0.207 e. The van der Waals surface area contributed by atoms with Crippen LogP contribution in [0.5, 0.6) is 0 Å². The Morgan fingerprint density at radius 1 is 1.05 bits per heavy atom. The van der Waals surface area contributed by atoms with E-state index in [1.807, 2.05) is 44.2 Å². The average Bonchev–Trinajstić information content (AvgIpc) is 2.53. The first kappa shape index (κ1) is 17.2. The molecule has 0 atom stereocenters. The molecule has 0 saturated carbocycles. The van der Waals surface area contributed by atoms with Crippen LogP contribution >= 0.6 is 22.6 Å². The quantitative estimate of drug-likeness (QED) is 0.730. The zero-order valence-corrected chi connectivity index (χ0v) is 15.5.